The molecular weight excluding hydrogens is 865 g/mol. The maximum atomic E-state index is 14.8. The molecule has 0 spiro atoms. The van der Waals surface area contributed by atoms with Gasteiger partial charge in [-0.1, -0.05) is 128 Å². The van der Waals surface area contributed by atoms with E-state index in [0.29, 0.717) is 64.3 Å². The number of anilines is 3. The first-order valence-corrected chi connectivity index (χ1v) is 24.7. The Hall–Kier alpha value is -6.31. The Bertz CT molecular complexity index is 2610. The summed E-state index contributed by atoms with van der Waals surface area (Å²) in [6, 6.07) is 18.5. The number of esters is 4. The average molecular weight is 931 g/mol. The molecule has 2 aliphatic heterocycles. The average Bonchev–Trinajstić information content (AvgIpc) is 3.33. The van der Waals surface area contributed by atoms with Gasteiger partial charge in [-0.05, 0) is 54.2 Å². The second-order valence-electron chi connectivity index (χ2n) is 18.4. The van der Waals surface area contributed by atoms with E-state index in [-0.39, 0.29) is 69.6 Å². The maximum Gasteiger partial charge on any atom is 0.305 e. The molecular formula is C54H66N4O10. The Kier molecular flexibility index (Phi) is 16.5. The van der Waals surface area contributed by atoms with Crippen molar-refractivity contribution >= 4 is 79.6 Å². The third-order valence-corrected chi connectivity index (χ3v) is 13.0. The number of Topliss-reactive ketones (excluding diaryl/α,β-unsaturated/α-hetero) is 2. The number of carbonyl (C=O) groups excluding carboxylic acids is 6. The molecule has 1 aliphatic carbocycles. The Morgan fingerprint density at radius 2 is 0.985 bits per heavy atom. The zero-order valence-electron chi connectivity index (χ0n) is 40.0. The van der Waals surface area contributed by atoms with Crippen LogP contribution in [0.2, 0.25) is 0 Å². The smallest absolute Gasteiger partial charge is 0.305 e. The standard InChI is InChI=1S/C54H66N4O10/c1-5-9-13-23-41(59)65-31-53(32-66-42(60)24-14-10-6-2)55-39-21-17-19-35-27-29-37(49(57-53)45(35)39)47-51(63)48(52(47)64)38-30-28-36-20-18-22-40-46(36)50(38)58-54(56-40,33-67-43(61)25-15-11-7-3)34-68-44(62)26-16-12-8-4/h17-22,27-30,47,55-57H,5-16,23-26,31-34H2,1-4H3. The van der Waals surface area contributed by atoms with Gasteiger partial charge in [-0.25, -0.2) is 4.99 Å². The fraction of sp³-hybridized carbons (Fsp3) is 0.500. The number of hydrogen-bond acceptors (Lipinski definition) is 14. The van der Waals surface area contributed by atoms with E-state index in [2.05, 4.69) is 43.6 Å². The van der Waals surface area contributed by atoms with Crippen LogP contribution in [-0.2, 0) is 47.7 Å². The van der Waals surface area contributed by atoms with Gasteiger partial charge >= 0.3 is 23.9 Å². The summed E-state index contributed by atoms with van der Waals surface area (Å²) in [5, 5.41) is 14.1. The van der Waals surface area contributed by atoms with Crippen LogP contribution >= 0.6 is 0 Å². The van der Waals surface area contributed by atoms with Crippen LogP contribution in [0.1, 0.15) is 142 Å². The summed E-state index contributed by atoms with van der Waals surface area (Å²) in [4.78, 5) is 86.9. The van der Waals surface area contributed by atoms with Crippen LogP contribution in [0.25, 0.3) is 27.1 Å². The highest BCUT2D eigenvalue weighted by Gasteiger charge is 2.49. The first-order valence-electron chi connectivity index (χ1n) is 24.7. The highest BCUT2D eigenvalue weighted by Crippen LogP contribution is 2.46. The van der Waals surface area contributed by atoms with Crippen LogP contribution in [-0.4, -0.2) is 73.2 Å². The number of nitrogens with one attached hydrogen (secondary N) is 3. The van der Waals surface area contributed by atoms with Gasteiger partial charge in [0.25, 0.3) is 0 Å². The lowest BCUT2D eigenvalue weighted by molar-refractivity contribution is -0.151. The van der Waals surface area contributed by atoms with Crippen LogP contribution in [0.5, 0.6) is 0 Å². The van der Waals surface area contributed by atoms with Gasteiger partial charge in [0, 0.05) is 53.0 Å². The molecule has 0 amide bonds. The van der Waals surface area contributed by atoms with Gasteiger partial charge in [-0.15, -0.1) is 0 Å². The number of nitrogens with zero attached hydrogens (tertiary/aromatic N) is 1. The summed E-state index contributed by atoms with van der Waals surface area (Å²) >= 11 is 0. The van der Waals surface area contributed by atoms with Crippen LogP contribution < -0.4 is 26.5 Å². The molecule has 0 aromatic heterocycles. The Morgan fingerprint density at radius 1 is 0.529 bits per heavy atom. The number of carbonyl (C=O) groups is 6. The molecule has 0 bridgehead atoms. The molecule has 4 aromatic rings. The number of ketones is 2. The van der Waals surface area contributed by atoms with E-state index in [1.807, 2.05) is 48.5 Å². The van der Waals surface area contributed by atoms with E-state index in [9.17, 15) is 28.8 Å². The summed E-state index contributed by atoms with van der Waals surface area (Å²) in [5.41, 5.74) is -0.658. The minimum atomic E-state index is -1.47. The van der Waals surface area contributed by atoms with Gasteiger partial charge in [-0.3, -0.25) is 28.8 Å². The number of ether oxygens (including phenoxy) is 4. The predicted molar refractivity (Wildman–Crippen MR) is 262 cm³/mol. The minimum Gasteiger partial charge on any atom is -0.461 e. The Morgan fingerprint density at radius 3 is 1.49 bits per heavy atom. The summed E-state index contributed by atoms with van der Waals surface area (Å²) in [7, 11) is 0. The van der Waals surface area contributed by atoms with Crippen molar-refractivity contribution in [1.82, 2.24) is 0 Å². The molecule has 3 aliphatic rings. The molecule has 2 heterocycles. The van der Waals surface area contributed by atoms with E-state index in [4.69, 9.17) is 23.9 Å². The lowest BCUT2D eigenvalue weighted by atomic mass is 9.70. The monoisotopic (exact) mass is 930 g/mol. The van der Waals surface area contributed by atoms with Crippen molar-refractivity contribution in [1.29, 1.82) is 0 Å². The normalized spacial score (nSPS) is 16.2. The van der Waals surface area contributed by atoms with E-state index >= 15 is 0 Å². The van der Waals surface area contributed by atoms with Crippen molar-refractivity contribution in [2.75, 3.05) is 42.4 Å². The summed E-state index contributed by atoms with van der Waals surface area (Å²) in [6.07, 6.45) is 10.9. The van der Waals surface area contributed by atoms with Crippen LogP contribution in [0, 0.1) is 0 Å². The highest BCUT2D eigenvalue weighted by molar-refractivity contribution is 6.59. The van der Waals surface area contributed by atoms with Crippen molar-refractivity contribution in [3.63, 3.8) is 0 Å². The summed E-state index contributed by atoms with van der Waals surface area (Å²) < 4.78 is 23.4. The fourth-order valence-electron chi connectivity index (χ4n) is 9.21. The van der Waals surface area contributed by atoms with Crippen molar-refractivity contribution in [2.45, 2.75) is 148 Å². The van der Waals surface area contributed by atoms with Crippen molar-refractivity contribution in [3.05, 3.63) is 76.8 Å². The van der Waals surface area contributed by atoms with Crippen molar-refractivity contribution < 1.29 is 47.7 Å². The molecule has 3 N–H and O–H groups in total. The molecule has 0 atom stereocenters. The van der Waals surface area contributed by atoms with Gasteiger partial charge in [0.15, 0.2) is 22.9 Å². The van der Waals surface area contributed by atoms with Gasteiger partial charge in [0.05, 0.1) is 16.6 Å². The third kappa shape index (κ3) is 11.2. The summed E-state index contributed by atoms with van der Waals surface area (Å²) in [5.74, 6) is -3.64. The molecule has 14 nitrogen and oxygen atoms in total. The number of hydrogen-bond donors (Lipinski definition) is 3. The number of unbranched alkanes of at least 4 members (excludes halogenated alkanes) is 8. The predicted octanol–water partition coefficient (Wildman–Crippen LogP) is 8.85. The second-order valence-corrected chi connectivity index (χ2v) is 18.4. The Labute approximate surface area is 398 Å². The van der Waals surface area contributed by atoms with Crippen molar-refractivity contribution in [2.24, 2.45) is 4.99 Å². The molecule has 1 saturated carbocycles. The van der Waals surface area contributed by atoms with Crippen molar-refractivity contribution in [3.8, 4) is 0 Å². The second kappa shape index (κ2) is 22.7. The van der Waals surface area contributed by atoms with Crippen LogP contribution in [0.4, 0.5) is 17.1 Å². The molecule has 14 heteroatoms. The first-order chi connectivity index (χ1) is 33.0. The lowest BCUT2D eigenvalue weighted by Gasteiger charge is -2.42. The molecule has 0 radical (unpaired) electrons. The zero-order valence-corrected chi connectivity index (χ0v) is 40.0. The SMILES string of the molecule is CCCCCC(=O)OCC1(COC(=O)CCCCC)N=c2c(=C3C(=O)C(c4ccc5cccc6c5c4NC(COC(=O)CCCCC)(COC(=O)CCCCC)N6)C3=O)ccc3cccc(c23)N1. The van der Waals surface area contributed by atoms with E-state index in [0.717, 1.165) is 67.5 Å². The largest absolute Gasteiger partial charge is 0.461 e. The minimum absolute atomic E-state index is 0.0304. The maximum absolute atomic E-state index is 14.8. The molecule has 68 heavy (non-hydrogen) atoms. The fourth-order valence-corrected chi connectivity index (χ4v) is 9.21. The van der Waals surface area contributed by atoms with Crippen LogP contribution in [0.15, 0.2) is 65.7 Å². The first kappa shape index (κ1) is 49.6. The molecule has 1 fully saturated rings. The van der Waals surface area contributed by atoms with E-state index in [1.165, 1.54) is 0 Å². The van der Waals surface area contributed by atoms with Gasteiger partial charge in [-0.2, -0.15) is 0 Å². The lowest BCUT2D eigenvalue weighted by Crippen LogP contribution is -2.57. The molecule has 0 unspecified atom stereocenters. The molecule has 7 rings (SSSR count). The van der Waals surface area contributed by atoms with E-state index in [1.54, 1.807) is 12.1 Å². The topological polar surface area (TPSA) is 188 Å². The molecule has 4 aromatic carbocycles. The third-order valence-electron chi connectivity index (χ3n) is 13.0. The highest BCUT2D eigenvalue weighted by atomic mass is 16.6. The number of rotatable bonds is 25. The quantitative estimate of drug-likeness (QED) is 0.0248. The van der Waals surface area contributed by atoms with Gasteiger partial charge in [0.2, 0.25) is 0 Å². The van der Waals surface area contributed by atoms with Crippen LogP contribution in [0.3, 0.4) is 0 Å². The van der Waals surface area contributed by atoms with E-state index < -0.39 is 40.7 Å². The molecule has 0 saturated heterocycles. The number of benzene rings is 4. The molecule has 362 valence electrons. The van der Waals surface area contributed by atoms with Gasteiger partial charge in [0.1, 0.15) is 32.3 Å². The van der Waals surface area contributed by atoms with Gasteiger partial charge < -0.3 is 34.9 Å². The zero-order chi connectivity index (χ0) is 48.3. The summed E-state index contributed by atoms with van der Waals surface area (Å²) in [6.45, 7) is 7.25. The Balaban J connectivity index is 1.28.